The molecular formula is C33H45N3O7. The van der Waals surface area contributed by atoms with E-state index < -0.39 is 41.7 Å². The fourth-order valence-corrected chi connectivity index (χ4v) is 6.79. The van der Waals surface area contributed by atoms with Crippen LogP contribution in [-0.2, 0) is 28.7 Å². The average molecular weight is 596 g/mol. The van der Waals surface area contributed by atoms with Crippen molar-refractivity contribution in [3.8, 4) is 0 Å². The number of benzene rings is 1. The van der Waals surface area contributed by atoms with Gasteiger partial charge < -0.3 is 29.7 Å². The number of hydrogen-bond acceptors (Lipinski definition) is 7. The molecule has 1 aromatic rings. The van der Waals surface area contributed by atoms with E-state index in [1.54, 1.807) is 17.1 Å². The zero-order chi connectivity index (χ0) is 31.0. The van der Waals surface area contributed by atoms with Crippen LogP contribution in [0.25, 0.3) is 0 Å². The first-order valence-corrected chi connectivity index (χ1v) is 15.4. The van der Waals surface area contributed by atoms with Gasteiger partial charge in [0, 0.05) is 32.7 Å². The van der Waals surface area contributed by atoms with Crippen molar-refractivity contribution in [2.45, 2.75) is 75.7 Å². The highest BCUT2D eigenvalue weighted by Crippen LogP contribution is 2.59. The monoisotopic (exact) mass is 595 g/mol. The fraction of sp³-hybridized carbons (Fsp3) is 0.576. The molecule has 1 aromatic carbocycles. The highest BCUT2D eigenvalue weighted by Gasteiger charge is 2.75. The Hall–Kier alpha value is -3.50. The van der Waals surface area contributed by atoms with E-state index in [4.69, 9.17) is 9.47 Å². The zero-order valence-corrected chi connectivity index (χ0v) is 25.1. The van der Waals surface area contributed by atoms with E-state index in [9.17, 15) is 24.3 Å². The molecule has 10 heteroatoms. The van der Waals surface area contributed by atoms with Crippen molar-refractivity contribution in [2.24, 2.45) is 11.8 Å². The summed E-state index contributed by atoms with van der Waals surface area (Å²) in [6.45, 7) is 10.5. The van der Waals surface area contributed by atoms with E-state index in [-0.39, 0.29) is 43.8 Å². The van der Waals surface area contributed by atoms with Gasteiger partial charge >= 0.3 is 5.97 Å². The van der Waals surface area contributed by atoms with Gasteiger partial charge in [0.05, 0.1) is 24.5 Å². The topological polar surface area (TPSA) is 125 Å². The van der Waals surface area contributed by atoms with Crippen LogP contribution in [-0.4, -0.2) is 89.1 Å². The van der Waals surface area contributed by atoms with E-state index in [0.29, 0.717) is 44.3 Å². The van der Waals surface area contributed by atoms with Gasteiger partial charge in [-0.25, -0.2) is 0 Å². The standard InChI is InChI=1S/C33H45N3O7/c1-4-7-15-26(38)34-22-25(23-13-10-9-11-14-23)42-32(41)27-24-16-17-33(43-24)28(27)30(39)36(20-12-21-37)29(33)31(40)35(18-6-3)19-8-5-2/h4,6,9-11,13-14,24-25,27-29,37H,1,3,5,7-8,12,15-22H2,2H3,(H,34,38)/t24-,25-,27+,28+,29-,33+/m1/s1. The van der Waals surface area contributed by atoms with Gasteiger partial charge in [-0.2, -0.15) is 0 Å². The summed E-state index contributed by atoms with van der Waals surface area (Å²) in [4.78, 5) is 57.7. The van der Waals surface area contributed by atoms with Crippen molar-refractivity contribution in [2.75, 3.05) is 32.8 Å². The van der Waals surface area contributed by atoms with E-state index in [0.717, 1.165) is 12.8 Å². The maximum atomic E-state index is 14.1. The van der Waals surface area contributed by atoms with Gasteiger partial charge in [0.1, 0.15) is 17.7 Å². The van der Waals surface area contributed by atoms with Crippen molar-refractivity contribution < 1.29 is 33.8 Å². The molecule has 1 spiro atoms. The molecule has 10 nitrogen and oxygen atoms in total. The number of fused-ring (bicyclic) bond motifs is 1. The molecule has 0 saturated carbocycles. The summed E-state index contributed by atoms with van der Waals surface area (Å²) in [5.74, 6) is -3.06. The lowest BCUT2D eigenvalue weighted by Gasteiger charge is -2.36. The molecule has 3 fully saturated rings. The first-order valence-electron chi connectivity index (χ1n) is 15.4. The Morgan fingerprint density at radius 2 is 2.00 bits per heavy atom. The van der Waals surface area contributed by atoms with Gasteiger partial charge in [0.25, 0.3) is 0 Å². The molecule has 2 N–H and O–H groups in total. The average Bonchev–Trinajstić information content (AvgIpc) is 3.66. The van der Waals surface area contributed by atoms with Crippen LogP contribution in [0.2, 0.25) is 0 Å². The molecule has 3 aliphatic rings. The summed E-state index contributed by atoms with van der Waals surface area (Å²) in [7, 11) is 0. The zero-order valence-electron chi connectivity index (χ0n) is 25.1. The first kappa shape index (κ1) is 32.4. The van der Waals surface area contributed by atoms with Gasteiger partial charge in [-0.05, 0) is 37.7 Å². The number of hydrogen-bond donors (Lipinski definition) is 2. The third kappa shape index (κ3) is 6.70. The second-order valence-electron chi connectivity index (χ2n) is 11.6. The third-order valence-corrected chi connectivity index (χ3v) is 8.80. The van der Waals surface area contributed by atoms with Crippen molar-refractivity contribution >= 4 is 23.7 Å². The van der Waals surface area contributed by atoms with Crippen molar-refractivity contribution in [1.82, 2.24) is 15.1 Å². The van der Waals surface area contributed by atoms with Gasteiger partial charge in [-0.3, -0.25) is 19.2 Å². The molecule has 2 bridgehead atoms. The maximum absolute atomic E-state index is 14.1. The van der Waals surface area contributed by atoms with E-state index in [2.05, 4.69) is 18.5 Å². The molecule has 3 heterocycles. The Bertz CT molecular complexity index is 1170. The number of unbranched alkanes of at least 4 members (excludes halogenated alkanes) is 1. The minimum Gasteiger partial charge on any atom is -0.455 e. The third-order valence-electron chi connectivity index (χ3n) is 8.80. The molecule has 3 saturated heterocycles. The molecule has 0 aliphatic carbocycles. The second-order valence-corrected chi connectivity index (χ2v) is 11.6. The normalized spacial score (nSPS) is 26.1. The summed E-state index contributed by atoms with van der Waals surface area (Å²) in [6.07, 6.45) is 5.81. The fourth-order valence-electron chi connectivity index (χ4n) is 6.79. The van der Waals surface area contributed by atoms with Crippen molar-refractivity contribution in [3.63, 3.8) is 0 Å². The lowest BCUT2D eigenvalue weighted by atomic mass is 9.70. The van der Waals surface area contributed by atoms with Crippen LogP contribution in [0.5, 0.6) is 0 Å². The van der Waals surface area contributed by atoms with Gasteiger partial charge in [-0.1, -0.05) is 55.8 Å². The number of amides is 3. The number of rotatable bonds is 17. The lowest BCUT2D eigenvalue weighted by Crippen LogP contribution is -2.56. The Kier molecular flexibility index (Phi) is 11.2. The SMILES string of the molecule is C=CCCC(=O)NC[C@@H](OC(=O)[C@@H]1[C@H]2C(=O)N(CCCO)[C@H](C(=O)N(CC=C)CCCC)[C@]23CC[C@H]1O3)c1ccccc1. The molecular weight excluding hydrogens is 550 g/mol. The number of ether oxygens (including phenoxy) is 2. The second kappa shape index (κ2) is 14.8. The van der Waals surface area contributed by atoms with Gasteiger partial charge in [-0.15, -0.1) is 13.2 Å². The summed E-state index contributed by atoms with van der Waals surface area (Å²) in [5.41, 5.74) is -0.435. The number of allylic oxidation sites excluding steroid dienone is 1. The Morgan fingerprint density at radius 1 is 1.23 bits per heavy atom. The van der Waals surface area contributed by atoms with Crippen LogP contribution < -0.4 is 5.32 Å². The summed E-state index contributed by atoms with van der Waals surface area (Å²) >= 11 is 0. The number of esters is 1. The number of aliphatic hydroxyl groups is 1. The Balaban J connectivity index is 1.61. The molecule has 3 amide bonds. The Morgan fingerprint density at radius 3 is 2.67 bits per heavy atom. The molecule has 0 aromatic heterocycles. The van der Waals surface area contributed by atoms with Crippen LogP contribution in [0.3, 0.4) is 0 Å². The quantitative estimate of drug-likeness (QED) is 0.210. The predicted octanol–water partition coefficient (Wildman–Crippen LogP) is 2.93. The predicted molar refractivity (Wildman–Crippen MR) is 160 cm³/mol. The first-order chi connectivity index (χ1) is 20.8. The number of nitrogens with zero attached hydrogens (tertiary/aromatic N) is 2. The van der Waals surface area contributed by atoms with Crippen molar-refractivity contribution in [1.29, 1.82) is 0 Å². The maximum Gasteiger partial charge on any atom is 0.313 e. The van der Waals surface area contributed by atoms with Crippen molar-refractivity contribution in [3.05, 3.63) is 61.2 Å². The highest BCUT2D eigenvalue weighted by molar-refractivity contribution is 5.98. The molecule has 0 radical (unpaired) electrons. The van der Waals surface area contributed by atoms with E-state index >= 15 is 0 Å². The Labute approximate surface area is 254 Å². The van der Waals surface area contributed by atoms with E-state index in [1.807, 2.05) is 37.3 Å². The number of aliphatic hydroxyl groups excluding tert-OH is 1. The van der Waals surface area contributed by atoms with Crippen LogP contribution in [0, 0.1) is 11.8 Å². The summed E-state index contributed by atoms with van der Waals surface area (Å²) < 4.78 is 12.6. The minimum atomic E-state index is -1.15. The molecule has 234 valence electrons. The van der Waals surface area contributed by atoms with Crippen LogP contribution in [0.4, 0.5) is 0 Å². The smallest absolute Gasteiger partial charge is 0.313 e. The van der Waals surface area contributed by atoms with Crippen LogP contribution >= 0.6 is 0 Å². The largest absolute Gasteiger partial charge is 0.455 e. The summed E-state index contributed by atoms with van der Waals surface area (Å²) in [6, 6.07) is 8.25. The lowest BCUT2D eigenvalue weighted by molar-refractivity contribution is -0.160. The molecule has 0 unspecified atom stereocenters. The summed E-state index contributed by atoms with van der Waals surface area (Å²) in [5, 5.41) is 12.4. The molecule has 6 atom stereocenters. The molecule has 4 rings (SSSR count). The number of carbonyl (C=O) groups excluding carboxylic acids is 4. The minimum absolute atomic E-state index is 0.0748. The van der Waals surface area contributed by atoms with E-state index in [1.165, 1.54) is 4.90 Å². The van der Waals surface area contributed by atoms with Crippen LogP contribution in [0.1, 0.15) is 63.5 Å². The number of carbonyl (C=O) groups is 4. The molecule has 3 aliphatic heterocycles. The van der Waals surface area contributed by atoms with Crippen LogP contribution in [0.15, 0.2) is 55.6 Å². The highest BCUT2D eigenvalue weighted by atomic mass is 16.6. The van der Waals surface area contributed by atoms with Gasteiger partial charge in [0.2, 0.25) is 17.7 Å². The number of nitrogens with one attached hydrogen (secondary N) is 1. The van der Waals surface area contributed by atoms with Gasteiger partial charge in [0.15, 0.2) is 0 Å². The number of likely N-dealkylation sites (tertiary alicyclic amines) is 1. The molecule has 43 heavy (non-hydrogen) atoms.